The largest absolute Gasteiger partial charge is 0.573 e. The van der Waals surface area contributed by atoms with Crippen LogP contribution in [0.2, 0.25) is 0 Å². The van der Waals surface area contributed by atoms with Crippen molar-refractivity contribution in [3.05, 3.63) is 89.1 Å². The third-order valence-electron chi connectivity index (χ3n) is 8.52. The summed E-state index contributed by atoms with van der Waals surface area (Å²) >= 11 is 0. The SMILES string of the molecule is CC[P@](C)(=O)c1ccc(-c2nc(-c3cccc4c3CN(C[C@H](F)c3ccccc3)C4=O)c(C3CC3)n2C)c(OC(F)(F)F)c1. The summed E-state index contributed by atoms with van der Waals surface area (Å²) in [6.07, 6.45) is -4.25. The van der Waals surface area contributed by atoms with E-state index in [-0.39, 0.29) is 36.3 Å². The highest BCUT2D eigenvalue weighted by Crippen LogP contribution is 2.49. The summed E-state index contributed by atoms with van der Waals surface area (Å²) in [6.45, 7) is 3.34. The Kier molecular flexibility index (Phi) is 7.68. The highest BCUT2D eigenvalue weighted by molar-refractivity contribution is 7.70. The van der Waals surface area contributed by atoms with E-state index in [2.05, 4.69) is 4.74 Å². The fourth-order valence-electron chi connectivity index (χ4n) is 5.88. The lowest BCUT2D eigenvalue weighted by Crippen LogP contribution is -2.27. The minimum absolute atomic E-state index is 0.108. The van der Waals surface area contributed by atoms with E-state index in [9.17, 15) is 22.5 Å². The number of fused-ring (bicyclic) bond motifs is 1. The number of amides is 1. The van der Waals surface area contributed by atoms with E-state index < -0.39 is 25.4 Å². The molecule has 4 aromatic rings. The van der Waals surface area contributed by atoms with Crippen LogP contribution in [-0.4, -0.2) is 46.1 Å². The summed E-state index contributed by atoms with van der Waals surface area (Å²) in [5, 5.41) is 0.293. The molecule has 2 heterocycles. The van der Waals surface area contributed by atoms with Crippen molar-refractivity contribution in [1.29, 1.82) is 0 Å². The minimum Gasteiger partial charge on any atom is -0.405 e. The number of aromatic nitrogens is 2. The van der Waals surface area contributed by atoms with Crippen molar-refractivity contribution in [1.82, 2.24) is 14.5 Å². The van der Waals surface area contributed by atoms with Gasteiger partial charge >= 0.3 is 6.36 Å². The van der Waals surface area contributed by atoms with Gasteiger partial charge in [-0.2, -0.15) is 0 Å². The van der Waals surface area contributed by atoms with Crippen LogP contribution in [0, 0.1) is 0 Å². The van der Waals surface area contributed by atoms with Crippen LogP contribution < -0.4 is 10.0 Å². The highest BCUT2D eigenvalue weighted by atomic mass is 31.2. The van der Waals surface area contributed by atoms with Gasteiger partial charge in [0.2, 0.25) is 0 Å². The summed E-state index contributed by atoms with van der Waals surface area (Å²) in [7, 11) is -1.13. The van der Waals surface area contributed by atoms with Crippen molar-refractivity contribution in [3.8, 4) is 28.4 Å². The maximum Gasteiger partial charge on any atom is 0.573 e. The van der Waals surface area contributed by atoms with Crippen molar-refractivity contribution in [2.45, 2.75) is 44.8 Å². The minimum atomic E-state index is -4.97. The first kappa shape index (κ1) is 30.1. The lowest BCUT2D eigenvalue weighted by molar-refractivity contribution is -0.274. The number of carbonyl (C=O) groups is 1. The van der Waals surface area contributed by atoms with Gasteiger partial charge in [0.25, 0.3) is 5.91 Å². The number of carbonyl (C=O) groups excluding carboxylic acids is 1. The highest BCUT2D eigenvalue weighted by Gasteiger charge is 2.38. The van der Waals surface area contributed by atoms with Crippen LogP contribution in [0.3, 0.4) is 0 Å². The zero-order valence-corrected chi connectivity index (χ0v) is 25.5. The van der Waals surface area contributed by atoms with E-state index in [1.54, 1.807) is 67.1 Å². The molecule has 1 aliphatic carbocycles. The Labute approximate surface area is 253 Å². The van der Waals surface area contributed by atoms with Gasteiger partial charge in [0.05, 0.1) is 17.8 Å². The predicted molar refractivity (Wildman–Crippen MR) is 161 cm³/mol. The monoisotopic (exact) mass is 625 g/mol. The molecule has 1 aromatic heterocycles. The molecule has 6 rings (SSSR count). The van der Waals surface area contributed by atoms with E-state index in [1.807, 2.05) is 6.07 Å². The molecule has 1 saturated carbocycles. The Bertz CT molecular complexity index is 1780. The van der Waals surface area contributed by atoms with Gasteiger partial charge in [0.15, 0.2) is 0 Å². The molecule has 44 heavy (non-hydrogen) atoms. The Balaban J connectivity index is 1.42. The van der Waals surface area contributed by atoms with Gasteiger partial charge in [-0.3, -0.25) is 4.79 Å². The van der Waals surface area contributed by atoms with Gasteiger partial charge in [-0.15, -0.1) is 13.2 Å². The van der Waals surface area contributed by atoms with Crippen LogP contribution in [0.25, 0.3) is 22.6 Å². The topological polar surface area (TPSA) is 64.4 Å². The molecule has 11 heteroatoms. The second-order valence-corrected chi connectivity index (χ2v) is 14.9. The number of rotatable bonds is 9. The van der Waals surface area contributed by atoms with Crippen LogP contribution in [0.15, 0.2) is 66.7 Å². The van der Waals surface area contributed by atoms with Crippen molar-refractivity contribution < 1.29 is 31.7 Å². The molecule has 6 nitrogen and oxygen atoms in total. The molecule has 0 bridgehead atoms. The standard InChI is InChI=1S/C33H32F4N3O3P/c1-4-44(3,42)22-15-16-25(28(17-22)43-33(35,36)37)31-38-29(30(39(31)2)21-13-14-21)23-11-8-12-24-26(23)18-40(32(24)41)19-27(34)20-9-6-5-7-10-20/h5-12,15-17,21,27H,4,13-14,18-19H2,1-3H3/t27-,44-/m0/s1. The summed E-state index contributed by atoms with van der Waals surface area (Å²) in [4.78, 5) is 19.8. The molecule has 2 atom stereocenters. The third-order valence-corrected chi connectivity index (χ3v) is 11.1. The Morgan fingerprint density at radius 3 is 2.39 bits per heavy atom. The Hall–Kier alpha value is -3.91. The molecule has 1 fully saturated rings. The van der Waals surface area contributed by atoms with Gasteiger partial charge in [0, 0.05) is 47.8 Å². The molecule has 1 aliphatic heterocycles. The summed E-state index contributed by atoms with van der Waals surface area (Å²) in [6, 6.07) is 18.3. The summed E-state index contributed by atoms with van der Waals surface area (Å²) in [5.41, 5.74) is 3.89. The Morgan fingerprint density at radius 1 is 1.02 bits per heavy atom. The van der Waals surface area contributed by atoms with E-state index in [4.69, 9.17) is 4.98 Å². The zero-order valence-electron chi connectivity index (χ0n) is 24.6. The molecule has 0 radical (unpaired) electrons. The normalized spacial score (nSPS) is 17.0. The average Bonchev–Trinajstić information content (AvgIpc) is 3.70. The molecule has 0 spiro atoms. The van der Waals surface area contributed by atoms with Crippen molar-refractivity contribution in [3.63, 3.8) is 0 Å². The average molecular weight is 626 g/mol. The zero-order chi connectivity index (χ0) is 31.4. The quantitative estimate of drug-likeness (QED) is 0.141. The molecule has 0 saturated heterocycles. The fraction of sp³-hybridized carbons (Fsp3) is 0.333. The first-order valence-electron chi connectivity index (χ1n) is 14.5. The van der Waals surface area contributed by atoms with Gasteiger partial charge in [-0.05, 0) is 48.8 Å². The lowest BCUT2D eigenvalue weighted by Gasteiger charge is -2.19. The van der Waals surface area contributed by atoms with Crippen LogP contribution in [0.1, 0.15) is 59.0 Å². The molecule has 2 aliphatic rings. The van der Waals surface area contributed by atoms with E-state index in [0.717, 1.165) is 18.5 Å². The van der Waals surface area contributed by atoms with Crippen LogP contribution in [0.4, 0.5) is 17.6 Å². The van der Waals surface area contributed by atoms with E-state index in [0.29, 0.717) is 39.4 Å². The Morgan fingerprint density at radius 2 is 1.73 bits per heavy atom. The first-order chi connectivity index (χ1) is 20.9. The first-order valence-corrected chi connectivity index (χ1v) is 16.9. The molecular weight excluding hydrogens is 593 g/mol. The number of ether oxygens (including phenoxy) is 1. The number of halogens is 4. The molecule has 0 N–H and O–H groups in total. The van der Waals surface area contributed by atoms with Crippen molar-refractivity contribution in [2.24, 2.45) is 7.05 Å². The molecule has 1 amide bonds. The van der Waals surface area contributed by atoms with Gasteiger partial charge < -0.3 is 18.8 Å². The number of benzene rings is 3. The number of imidazole rings is 1. The summed E-state index contributed by atoms with van der Waals surface area (Å²) < 4.78 is 75.2. The molecule has 0 unspecified atom stereocenters. The van der Waals surface area contributed by atoms with Crippen molar-refractivity contribution >= 4 is 18.4 Å². The van der Waals surface area contributed by atoms with Crippen molar-refractivity contribution in [2.75, 3.05) is 19.4 Å². The summed E-state index contributed by atoms with van der Waals surface area (Å²) in [5.74, 6) is -0.333. The predicted octanol–water partition coefficient (Wildman–Crippen LogP) is 7.83. The number of hydrogen-bond donors (Lipinski definition) is 0. The van der Waals surface area contributed by atoms with Crippen LogP contribution >= 0.6 is 7.14 Å². The van der Waals surface area contributed by atoms with Crippen LogP contribution in [0.5, 0.6) is 5.75 Å². The van der Waals surface area contributed by atoms with Gasteiger partial charge in [-0.1, -0.05) is 55.5 Å². The fourth-order valence-corrected chi connectivity index (χ4v) is 7.02. The van der Waals surface area contributed by atoms with E-state index in [1.165, 1.54) is 23.7 Å². The van der Waals surface area contributed by atoms with Gasteiger partial charge in [0.1, 0.15) is 24.9 Å². The second-order valence-electron chi connectivity index (χ2n) is 11.5. The second kappa shape index (κ2) is 11.2. The molecule has 3 aromatic carbocycles. The van der Waals surface area contributed by atoms with E-state index >= 15 is 4.39 Å². The van der Waals surface area contributed by atoms with Crippen LogP contribution in [-0.2, 0) is 18.2 Å². The third kappa shape index (κ3) is 5.68. The maximum absolute atomic E-state index is 15.2. The lowest BCUT2D eigenvalue weighted by atomic mass is 9.98. The molecular formula is C33H32F4N3O3P. The maximum atomic E-state index is 15.2. The number of alkyl halides is 4. The number of nitrogens with zero attached hydrogens (tertiary/aromatic N) is 3. The number of hydrogen-bond acceptors (Lipinski definition) is 4. The molecule has 230 valence electrons. The van der Waals surface area contributed by atoms with Gasteiger partial charge in [-0.25, -0.2) is 9.37 Å². The smallest absolute Gasteiger partial charge is 0.405 e.